The Hall–Kier alpha value is -2.11. The van der Waals surface area contributed by atoms with Crippen LogP contribution in [0.2, 0.25) is 0 Å². The number of methoxy groups -OCH3 is 1. The first kappa shape index (κ1) is 8.49. The van der Waals surface area contributed by atoms with Gasteiger partial charge in [0.15, 0.2) is 0 Å². The minimum atomic E-state index is 0.457. The lowest BCUT2D eigenvalue weighted by atomic mass is 10.4. The average Bonchev–Trinajstić information content (AvgIpc) is 2.71. The van der Waals surface area contributed by atoms with Crippen LogP contribution >= 0.6 is 0 Å². The number of guanidine groups is 1. The molecular formula is C8H8N5O. The highest BCUT2D eigenvalue weighted by atomic mass is 16.5. The molecule has 0 fully saturated rings. The van der Waals surface area contributed by atoms with Gasteiger partial charge in [-0.05, 0) is 6.07 Å². The van der Waals surface area contributed by atoms with Crippen molar-refractivity contribution in [3.05, 3.63) is 18.3 Å². The van der Waals surface area contributed by atoms with Gasteiger partial charge in [-0.3, -0.25) is 0 Å². The van der Waals surface area contributed by atoms with Gasteiger partial charge in [0.25, 0.3) is 0 Å². The molecule has 1 aromatic rings. The first-order valence-electron chi connectivity index (χ1n) is 3.96. The Labute approximate surface area is 80.7 Å². The maximum Gasteiger partial charge on any atom is 0.248 e. The zero-order valence-electron chi connectivity index (χ0n) is 7.51. The molecule has 1 aliphatic rings. The molecule has 1 aliphatic heterocycles. The van der Waals surface area contributed by atoms with Crippen LogP contribution in [-0.2, 0) is 0 Å². The zero-order chi connectivity index (χ0) is 9.80. The maximum atomic E-state index is 4.97. The Morgan fingerprint density at radius 2 is 2.36 bits per heavy atom. The third kappa shape index (κ3) is 1.79. The van der Waals surface area contributed by atoms with Gasteiger partial charge in [-0.25, -0.2) is 4.98 Å². The Kier molecular flexibility index (Phi) is 2.26. The number of hydrogen-bond acceptors (Lipinski definition) is 5. The highest BCUT2D eigenvalue weighted by Crippen LogP contribution is 2.13. The fourth-order valence-corrected chi connectivity index (χ4v) is 0.972. The Bertz CT molecular complexity index is 387. The summed E-state index contributed by atoms with van der Waals surface area (Å²) in [6, 6.07) is 3.54. The lowest BCUT2D eigenvalue weighted by molar-refractivity contribution is 0.398. The fourth-order valence-electron chi connectivity index (χ4n) is 0.972. The Morgan fingerprint density at radius 3 is 3.07 bits per heavy atom. The first-order valence-corrected chi connectivity index (χ1v) is 3.96. The van der Waals surface area contributed by atoms with E-state index in [1.807, 2.05) is 0 Å². The molecule has 0 aliphatic carbocycles. The molecule has 0 saturated heterocycles. The third-order valence-corrected chi connectivity index (χ3v) is 1.58. The van der Waals surface area contributed by atoms with Crippen LogP contribution in [0.5, 0.6) is 5.88 Å². The smallest absolute Gasteiger partial charge is 0.248 e. The van der Waals surface area contributed by atoms with E-state index < -0.39 is 0 Å². The van der Waals surface area contributed by atoms with Crippen LogP contribution in [0.15, 0.2) is 28.5 Å². The SMILES string of the molecule is COc1cc(NC2=NN=C[N]2)ccn1. The number of rotatable bonds is 2. The van der Waals surface area contributed by atoms with Crippen molar-refractivity contribution in [3.63, 3.8) is 0 Å². The topological polar surface area (TPSA) is 73.0 Å². The number of nitrogens with one attached hydrogen (secondary N) is 1. The van der Waals surface area contributed by atoms with Crippen molar-refractivity contribution in [2.75, 3.05) is 12.4 Å². The van der Waals surface area contributed by atoms with Crippen LogP contribution in [0.25, 0.3) is 0 Å². The molecule has 2 rings (SSSR count). The molecule has 0 unspecified atom stereocenters. The molecule has 6 heteroatoms. The van der Waals surface area contributed by atoms with Crippen molar-refractivity contribution < 1.29 is 4.74 Å². The van der Waals surface area contributed by atoms with Crippen LogP contribution in [-0.4, -0.2) is 24.4 Å². The van der Waals surface area contributed by atoms with Gasteiger partial charge in [-0.15, -0.1) is 10.2 Å². The third-order valence-electron chi connectivity index (χ3n) is 1.58. The lowest BCUT2D eigenvalue weighted by Gasteiger charge is -2.04. The van der Waals surface area contributed by atoms with E-state index in [0.717, 1.165) is 5.69 Å². The number of hydrogen-bond donors (Lipinski definition) is 1. The molecule has 6 nitrogen and oxygen atoms in total. The van der Waals surface area contributed by atoms with Gasteiger partial charge in [-0.1, -0.05) is 0 Å². The molecule has 1 N–H and O–H groups in total. The van der Waals surface area contributed by atoms with E-state index in [0.29, 0.717) is 11.8 Å². The summed E-state index contributed by atoms with van der Waals surface area (Å²) in [5, 5.41) is 14.2. The van der Waals surface area contributed by atoms with Crippen molar-refractivity contribution in [1.29, 1.82) is 0 Å². The van der Waals surface area contributed by atoms with Gasteiger partial charge >= 0.3 is 0 Å². The maximum absolute atomic E-state index is 4.97. The summed E-state index contributed by atoms with van der Waals surface area (Å²) in [5.41, 5.74) is 0.810. The molecule has 0 spiro atoms. The Morgan fingerprint density at radius 1 is 1.43 bits per heavy atom. The molecule has 0 amide bonds. The van der Waals surface area contributed by atoms with Gasteiger partial charge in [0.05, 0.1) is 7.11 Å². The average molecular weight is 190 g/mol. The molecule has 14 heavy (non-hydrogen) atoms. The van der Waals surface area contributed by atoms with Crippen LogP contribution in [0.3, 0.4) is 0 Å². The van der Waals surface area contributed by atoms with Gasteiger partial charge in [0.2, 0.25) is 11.8 Å². The van der Waals surface area contributed by atoms with E-state index in [1.165, 1.54) is 6.34 Å². The molecule has 1 radical (unpaired) electrons. The van der Waals surface area contributed by atoms with Crippen molar-refractivity contribution in [2.24, 2.45) is 10.2 Å². The summed E-state index contributed by atoms with van der Waals surface area (Å²) in [7, 11) is 1.56. The summed E-state index contributed by atoms with van der Waals surface area (Å²) in [5.74, 6) is 0.993. The van der Waals surface area contributed by atoms with E-state index in [9.17, 15) is 0 Å². The molecule has 0 atom stereocenters. The summed E-state index contributed by atoms with van der Waals surface area (Å²) in [4.78, 5) is 3.97. The molecule has 2 heterocycles. The molecule has 0 saturated carbocycles. The predicted molar refractivity (Wildman–Crippen MR) is 52.5 cm³/mol. The van der Waals surface area contributed by atoms with Gasteiger partial charge in [-0.2, -0.15) is 5.32 Å². The standard InChI is InChI=1S/C8H8N5O/c1-14-7-4-6(2-3-9-7)12-8-10-5-11-13-8/h2-5H,1H3,(H,9,12,13). The largest absolute Gasteiger partial charge is 0.481 e. The fraction of sp³-hybridized carbons (Fsp3) is 0.125. The molecule has 71 valence electrons. The Balaban J connectivity index is 2.09. The molecule has 0 bridgehead atoms. The van der Waals surface area contributed by atoms with Crippen molar-refractivity contribution in [2.45, 2.75) is 0 Å². The van der Waals surface area contributed by atoms with E-state index in [2.05, 4.69) is 25.8 Å². The first-order chi connectivity index (χ1) is 6.88. The van der Waals surface area contributed by atoms with E-state index >= 15 is 0 Å². The van der Waals surface area contributed by atoms with Gasteiger partial charge in [0, 0.05) is 18.0 Å². The van der Waals surface area contributed by atoms with Crippen molar-refractivity contribution in [1.82, 2.24) is 10.3 Å². The number of ether oxygens (including phenoxy) is 1. The molecular weight excluding hydrogens is 182 g/mol. The van der Waals surface area contributed by atoms with Crippen LogP contribution in [0, 0.1) is 0 Å². The summed E-state index contributed by atoms with van der Waals surface area (Å²) in [6.07, 6.45) is 3.01. The number of pyridine rings is 1. The van der Waals surface area contributed by atoms with Crippen LogP contribution in [0.4, 0.5) is 5.69 Å². The van der Waals surface area contributed by atoms with Crippen LogP contribution < -0.4 is 15.4 Å². The van der Waals surface area contributed by atoms with E-state index in [-0.39, 0.29) is 0 Å². The summed E-state index contributed by atoms with van der Waals surface area (Å²) < 4.78 is 4.97. The second-order valence-corrected chi connectivity index (χ2v) is 2.50. The quantitative estimate of drug-likeness (QED) is 0.734. The lowest BCUT2D eigenvalue weighted by Crippen LogP contribution is -2.19. The minimum absolute atomic E-state index is 0.457. The number of nitrogens with zero attached hydrogens (tertiary/aromatic N) is 4. The normalized spacial score (nSPS) is 13.4. The highest BCUT2D eigenvalue weighted by Gasteiger charge is 2.04. The number of anilines is 1. The molecule has 0 aromatic carbocycles. The zero-order valence-corrected chi connectivity index (χ0v) is 7.51. The van der Waals surface area contributed by atoms with Crippen LogP contribution in [0.1, 0.15) is 0 Å². The van der Waals surface area contributed by atoms with E-state index in [1.54, 1.807) is 25.4 Å². The number of aromatic nitrogens is 1. The summed E-state index contributed by atoms with van der Waals surface area (Å²) in [6.45, 7) is 0. The predicted octanol–water partition coefficient (Wildman–Crippen LogP) is 0.419. The molecule has 1 aromatic heterocycles. The highest BCUT2D eigenvalue weighted by molar-refractivity contribution is 6.01. The summed E-state index contributed by atoms with van der Waals surface area (Å²) >= 11 is 0. The second-order valence-electron chi connectivity index (χ2n) is 2.50. The minimum Gasteiger partial charge on any atom is -0.481 e. The van der Waals surface area contributed by atoms with Gasteiger partial charge < -0.3 is 10.1 Å². The van der Waals surface area contributed by atoms with E-state index in [4.69, 9.17) is 4.74 Å². The van der Waals surface area contributed by atoms with Gasteiger partial charge in [0.1, 0.15) is 6.34 Å². The van der Waals surface area contributed by atoms with Crippen molar-refractivity contribution >= 4 is 18.0 Å². The second kappa shape index (κ2) is 3.73. The van der Waals surface area contributed by atoms with Crippen molar-refractivity contribution in [3.8, 4) is 5.88 Å². The monoisotopic (exact) mass is 190 g/mol.